The Kier molecular flexibility index (Phi) is 2.03. The van der Waals surface area contributed by atoms with E-state index in [0.717, 1.165) is 11.0 Å². The van der Waals surface area contributed by atoms with Crippen molar-refractivity contribution in [2.45, 2.75) is 0 Å². The molecule has 0 unspecified atom stereocenters. The van der Waals surface area contributed by atoms with E-state index in [2.05, 4.69) is 45.8 Å². The number of hydrogen-bond acceptors (Lipinski definition) is 1. The van der Waals surface area contributed by atoms with E-state index in [1.165, 1.54) is 22.2 Å². The highest BCUT2D eigenvalue weighted by atomic mass is 15.0. The summed E-state index contributed by atoms with van der Waals surface area (Å²) in [7, 11) is 2.09. The van der Waals surface area contributed by atoms with Crippen LogP contribution in [0.15, 0.2) is 48.8 Å². The van der Waals surface area contributed by atoms with Crippen LogP contribution in [-0.2, 0) is 7.05 Å². The molecule has 19 heavy (non-hydrogen) atoms. The average molecular weight is 246 g/mol. The topological polar surface area (TPSA) is 33.6 Å². The van der Waals surface area contributed by atoms with Crippen molar-refractivity contribution in [3.05, 3.63) is 54.9 Å². The van der Waals surface area contributed by atoms with Gasteiger partial charge in [-0.1, -0.05) is 6.07 Å². The lowest BCUT2D eigenvalue weighted by Crippen LogP contribution is -1.90. The van der Waals surface area contributed by atoms with Crippen LogP contribution in [0.3, 0.4) is 0 Å². The van der Waals surface area contributed by atoms with Crippen LogP contribution in [0.4, 0.5) is 0 Å². The van der Waals surface area contributed by atoms with Crippen molar-refractivity contribution in [3.8, 4) is 11.3 Å². The van der Waals surface area contributed by atoms with Gasteiger partial charge in [0.2, 0.25) is 0 Å². The van der Waals surface area contributed by atoms with Crippen molar-refractivity contribution in [2.24, 2.45) is 7.05 Å². The Morgan fingerprint density at radius 3 is 3.16 bits per heavy atom. The number of benzene rings is 1. The molecule has 0 aliphatic rings. The second-order valence-electron chi connectivity index (χ2n) is 4.68. The molecule has 1 N–H and O–H groups in total. The lowest BCUT2D eigenvalue weighted by atomic mass is 10.1. The van der Waals surface area contributed by atoms with Gasteiger partial charge in [-0.3, -0.25) is 0 Å². The lowest BCUT2D eigenvalue weighted by Gasteiger charge is -2.02. The average Bonchev–Trinajstić information content (AvgIpc) is 3.01. The second kappa shape index (κ2) is 3.72. The summed E-state index contributed by atoms with van der Waals surface area (Å²) in [6.45, 7) is 0. The molecule has 3 nitrogen and oxygen atoms in total. The fraction of sp³-hybridized carbons (Fsp3) is 0.0625. The molecule has 0 bridgehead atoms. The van der Waals surface area contributed by atoms with Gasteiger partial charge in [0.15, 0.2) is 0 Å². The van der Waals surface area contributed by atoms with Crippen molar-refractivity contribution >= 4 is 21.9 Å². The molecule has 3 heteroatoms. The number of aromatic nitrogens is 3. The predicted molar refractivity (Wildman–Crippen MR) is 76.8 cm³/mol. The summed E-state index contributed by atoms with van der Waals surface area (Å²) in [5, 5.41) is 2.36. The van der Waals surface area contributed by atoms with Crippen LogP contribution in [0.25, 0.3) is 33.2 Å². The molecule has 1 radical (unpaired) electrons. The third kappa shape index (κ3) is 1.41. The molecule has 1 aromatic carbocycles. The van der Waals surface area contributed by atoms with E-state index in [-0.39, 0.29) is 0 Å². The van der Waals surface area contributed by atoms with Gasteiger partial charge in [-0.15, -0.1) is 0 Å². The van der Waals surface area contributed by atoms with Crippen LogP contribution in [0.2, 0.25) is 0 Å². The van der Waals surface area contributed by atoms with E-state index in [4.69, 9.17) is 0 Å². The Bertz CT molecular complexity index is 883. The van der Waals surface area contributed by atoms with Gasteiger partial charge in [0.1, 0.15) is 5.65 Å². The third-order valence-electron chi connectivity index (χ3n) is 3.61. The maximum absolute atomic E-state index is 4.34. The number of aryl methyl sites for hydroxylation is 1. The zero-order valence-corrected chi connectivity index (χ0v) is 10.5. The first-order chi connectivity index (χ1) is 9.34. The zero-order chi connectivity index (χ0) is 12.8. The van der Waals surface area contributed by atoms with Crippen molar-refractivity contribution in [3.63, 3.8) is 0 Å². The fourth-order valence-corrected chi connectivity index (χ4v) is 2.66. The molecule has 0 atom stereocenters. The number of fused-ring (bicyclic) bond motifs is 2. The number of nitrogens with one attached hydrogen (secondary N) is 1. The van der Waals surface area contributed by atoms with E-state index >= 15 is 0 Å². The van der Waals surface area contributed by atoms with Gasteiger partial charge in [-0.25, -0.2) is 4.98 Å². The highest BCUT2D eigenvalue weighted by molar-refractivity contribution is 5.96. The van der Waals surface area contributed by atoms with Gasteiger partial charge in [0, 0.05) is 41.3 Å². The summed E-state index contributed by atoms with van der Waals surface area (Å²) in [6.07, 6.45) is 3.83. The van der Waals surface area contributed by atoms with Crippen LogP contribution in [0.1, 0.15) is 0 Å². The molecule has 0 saturated carbocycles. The Morgan fingerprint density at radius 1 is 1.32 bits per heavy atom. The lowest BCUT2D eigenvalue weighted by molar-refractivity contribution is 0.979. The molecule has 0 aliphatic carbocycles. The summed E-state index contributed by atoms with van der Waals surface area (Å²) in [5.41, 5.74) is 4.51. The van der Waals surface area contributed by atoms with E-state index in [9.17, 15) is 0 Å². The monoisotopic (exact) mass is 246 g/mol. The van der Waals surface area contributed by atoms with Gasteiger partial charge in [-0.05, 0) is 36.4 Å². The van der Waals surface area contributed by atoms with Crippen LogP contribution < -0.4 is 0 Å². The number of hydrogen-bond donors (Lipinski definition) is 1. The summed E-state index contributed by atoms with van der Waals surface area (Å²) < 4.78 is 2.21. The molecular weight excluding hydrogens is 234 g/mol. The molecule has 4 rings (SSSR count). The van der Waals surface area contributed by atoms with E-state index < -0.39 is 0 Å². The highest BCUT2D eigenvalue weighted by Crippen LogP contribution is 2.31. The number of nitrogens with zero attached hydrogens (tertiary/aromatic N) is 2. The van der Waals surface area contributed by atoms with Crippen LogP contribution in [0, 0.1) is 6.07 Å². The molecule has 91 valence electrons. The summed E-state index contributed by atoms with van der Waals surface area (Å²) in [6, 6.07) is 15.4. The Morgan fingerprint density at radius 2 is 2.26 bits per heavy atom. The standard InChI is InChI=1S/C16H12N3/c1-19-14-7-3-2-5-11(14)9-15(19)13-10-18-16-12(13)6-4-8-17-16/h3-10H,1H3,(H,17,18). The van der Waals surface area contributed by atoms with Gasteiger partial charge >= 0.3 is 0 Å². The predicted octanol–water partition coefficient (Wildman–Crippen LogP) is 3.52. The minimum absolute atomic E-state index is 0.925. The molecular formula is C16H12N3. The van der Waals surface area contributed by atoms with Crippen LogP contribution in [-0.4, -0.2) is 14.5 Å². The molecule has 3 heterocycles. The minimum Gasteiger partial charge on any atom is -0.345 e. The molecule has 0 spiro atoms. The van der Waals surface area contributed by atoms with Crippen molar-refractivity contribution in [1.29, 1.82) is 0 Å². The summed E-state index contributed by atoms with van der Waals surface area (Å²) >= 11 is 0. The van der Waals surface area contributed by atoms with Gasteiger partial charge in [0.05, 0.1) is 5.69 Å². The largest absolute Gasteiger partial charge is 0.345 e. The normalized spacial score (nSPS) is 11.4. The van der Waals surface area contributed by atoms with E-state index in [1.54, 1.807) is 6.20 Å². The second-order valence-corrected chi connectivity index (χ2v) is 4.68. The number of pyridine rings is 1. The molecule has 3 aromatic heterocycles. The maximum atomic E-state index is 4.34. The first-order valence-corrected chi connectivity index (χ1v) is 6.22. The molecule has 0 amide bonds. The van der Waals surface area contributed by atoms with Crippen molar-refractivity contribution in [2.75, 3.05) is 0 Å². The SMILES string of the molecule is Cn1c(-c2c[nH]c3ncccc23)cc2c[c]ccc21. The van der Waals surface area contributed by atoms with Crippen LogP contribution >= 0.6 is 0 Å². The minimum atomic E-state index is 0.925. The van der Waals surface area contributed by atoms with Crippen molar-refractivity contribution < 1.29 is 0 Å². The van der Waals surface area contributed by atoms with Crippen LogP contribution in [0.5, 0.6) is 0 Å². The number of rotatable bonds is 1. The number of aromatic amines is 1. The summed E-state index contributed by atoms with van der Waals surface area (Å²) in [4.78, 5) is 7.57. The van der Waals surface area contributed by atoms with E-state index in [0.29, 0.717) is 0 Å². The molecule has 4 aromatic rings. The van der Waals surface area contributed by atoms with Crippen molar-refractivity contribution in [1.82, 2.24) is 14.5 Å². The first-order valence-electron chi connectivity index (χ1n) is 6.22. The Balaban J connectivity index is 2.07. The molecule has 0 fully saturated rings. The number of H-pyrrole nitrogens is 1. The smallest absolute Gasteiger partial charge is 0.137 e. The maximum Gasteiger partial charge on any atom is 0.137 e. The van der Waals surface area contributed by atoms with Gasteiger partial charge in [-0.2, -0.15) is 0 Å². The van der Waals surface area contributed by atoms with Gasteiger partial charge < -0.3 is 9.55 Å². The highest BCUT2D eigenvalue weighted by Gasteiger charge is 2.11. The Labute approximate surface area is 110 Å². The molecule has 0 saturated heterocycles. The third-order valence-corrected chi connectivity index (χ3v) is 3.61. The molecule has 0 aliphatic heterocycles. The zero-order valence-electron chi connectivity index (χ0n) is 10.5. The van der Waals surface area contributed by atoms with Gasteiger partial charge in [0.25, 0.3) is 0 Å². The fourth-order valence-electron chi connectivity index (χ4n) is 2.66. The first kappa shape index (κ1) is 10.4. The van der Waals surface area contributed by atoms with E-state index in [1.807, 2.05) is 24.4 Å². The Hall–Kier alpha value is -2.55. The quantitative estimate of drug-likeness (QED) is 0.547. The summed E-state index contributed by atoms with van der Waals surface area (Å²) in [5.74, 6) is 0.